The quantitative estimate of drug-likeness (QED) is 0.849. The fourth-order valence-corrected chi connectivity index (χ4v) is 3.19. The van der Waals surface area contributed by atoms with Gasteiger partial charge in [-0.25, -0.2) is 0 Å². The van der Waals surface area contributed by atoms with Crippen LogP contribution in [0.5, 0.6) is 0 Å². The van der Waals surface area contributed by atoms with Crippen molar-refractivity contribution in [1.29, 1.82) is 0 Å². The summed E-state index contributed by atoms with van der Waals surface area (Å²) in [6.07, 6.45) is 2.55. The van der Waals surface area contributed by atoms with E-state index in [2.05, 4.69) is 21.5 Å². The second-order valence-electron chi connectivity index (χ2n) is 5.13. The lowest BCUT2D eigenvalue weighted by Crippen LogP contribution is -2.32. The highest BCUT2D eigenvalue weighted by atomic mass is 32.1. The molecule has 0 aliphatic carbocycles. The largest absolute Gasteiger partial charge is 0.469 e. The van der Waals surface area contributed by atoms with Gasteiger partial charge in [0.15, 0.2) is 0 Å². The number of rotatable bonds is 4. The van der Waals surface area contributed by atoms with Crippen molar-refractivity contribution in [1.82, 2.24) is 9.88 Å². The molecule has 0 unspecified atom stereocenters. The SMILES string of the molecule is COC(=O)Cc1[nH]c(=O)sc1CN1CCC(C)CC1. The molecule has 1 aromatic rings. The average molecular weight is 284 g/mol. The van der Waals surface area contributed by atoms with Crippen LogP contribution in [0.15, 0.2) is 4.79 Å². The molecule has 2 heterocycles. The first-order valence-electron chi connectivity index (χ1n) is 6.58. The standard InChI is InChI=1S/C13H20N2O3S/c1-9-3-5-15(6-4-9)8-11-10(7-12(16)18-2)14-13(17)19-11/h9H,3-8H2,1-2H3,(H,14,17). The number of H-pyrrole nitrogens is 1. The van der Waals surface area contributed by atoms with E-state index in [1.165, 1.54) is 31.3 Å². The summed E-state index contributed by atoms with van der Waals surface area (Å²) >= 11 is 1.20. The summed E-state index contributed by atoms with van der Waals surface area (Å²) in [5, 5.41) is 0. The van der Waals surface area contributed by atoms with Gasteiger partial charge in [-0.05, 0) is 31.8 Å². The van der Waals surface area contributed by atoms with Crippen molar-refractivity contribution in [3.63, 3.8) is 0 Å². The van der Waals surface area contributed by atoms with E-state index in [1.807, 2.05) is 0 Å². The van der Waals surface area contributed by atoms with E-state index >= 15 is 0 Å². The van der Waals surface area contributed by atoms with Crippen molar-refractivity contribution >= 4 is 17.3 Å². The Labute approximate surface area is 116 Å². The molecule has 0 bridgehead atoms. The number of carbonyl (C=O) groups excluding carboxylic acids is 1. The molecule has 0 aromatic carbocycles. The lowest BCUT2D eigenvalue weighted by Gasteiger charge is -2.29. The Morgan fingerprint density at radius 3 is 2.79 bits per heavy atom. The van der Waals surface area contributed by atoms with Gasteiger partial charge in [-0.3, -0.25) is 14.5 Å². The number of hydrogen-bond donors (Lipinski definition) is 1. The second kappa shape index (κ2) is 6.34. The van der Waals surface area contributed by atoms with Crippen LogP contribution in [0.25, 0.3) is 0 Å². The molecular weight excluding hydrogens is 264 g/mol. The number of aromatic nitrogens is 1. The first-order chi connectivity index (χ1) is 9.08. The molecule has 1 saturated heterocycles. The van der Waals surface area contributed by atoms with E-state index in [9.17, 15) is 9.59 Å². The number of methoxy groups -OCH3 is 1. The molecule has 0 amide bonds. The number of ether oxygens (including phenoxy) is 1. The summed E-state index contributed by atoms with van der Waals surface area (Å²) in [6.45, 7) is 5.15. The molecule has 106 valence electrons. The van der Waals surface area contributed by atoms with Gasteiger partial charge in [0.1, 0.15) is 0 Å². The minimum absolute atomic E-state index is 0.0979. The Balaban J connectivity index is 2.03. The van der Waals surface area contributed by atoms with Crippen molar-refractivity contribution < 1.29 is 9.53 Å². The summed E-state index contributed by atoms with van der Waals surface area (Å²) < 4.78 is 4.65. The van der Waals surface area contributed by atoms with Crippen LogP contribution in [0.2, 0.25) is 0 Å². The highest BCUT2D eigenvalue weighted by Gasteiger charge is 2.19. The van der Waals surface area contributed by atoms with Crippen LogP contribution in [0.3, 0.4) is 0 Å². The highest BCUT2D eigenvalue weighted by Crippen LogP contribution is 2.20. The Hall–Kier alpha value is -1.14. The minimum Gasteiger partial charge on any atom is -0.469 e. The zero-order valence-electron chi connectivity index (χ0n) is 11.4. The number of hydrogen-bond acceptors (Lipinski definition) is 5. The van der Waals surface area contributed by atoms with Gasteiger partial charge in [-0.2, -0.15) is 0 Å². The first-order valence-corrected chi connectivity index (χ1v) is 7.40. The molecule has 5 nitrogen and oxygen atoms in total. The smallest absolute Gasteiger partial charge is 0.311 e. The van der Waals surface area contributed by atoms with Crippen molar-refractivity contribution in [2.45, 2.75) is 32.7 Å². The number of piperidine rings is 1. The van der Waals surface area contributed by atoms with Crippen LogP contribution in [-0.4, -0.2) is 36.1 Å². The Bertz CT molecular complexity index is 486. The van der Waals surface area contributed by atoms with Gasteiger partial charge in [0, 0.05) is 17.1 Å². The fourth-order valence-electron chi connectivity index (χ4n) is 2.30. The van der Waals surface area contributed by atoms with E-state index < -0.39 is 0 Å². The van der Waals surface area contributed by atoms with E-state index in [1.54, 1.807) is 0 Å². The molecule has 1 aliphatic rings. The van der Waals surface area contributed by atoms with Gasteiger partial charge in [0.2, 0.25) is 0 Å². The van der Waals surface area contributed by atoms with Gasteiger partial charge in [0.25, 0.3) is 0 Å². The minimum atomic E-state index is -0.317. The molecular formula is C13H20N2O3S. The Morgan fingerprint density at radius 1 is 1.47 bits per heavy atom. The average Bonchev–Trinajstić information content (AvgIpc) is 2.72. The first kappa shape index (κ1) is 14.3. The number of nitrogens with one attached hydrogen (secondary N) is 1. The van der Waals surface area contributed by atoms with Crippen LogP contribution < -0.4 is 4.87 Å². The van der Waals surface area contributed by atoms with Crippen LogP contribution in [-0.2, 0) is 22.5 Å². The molecule has 0 atom stereocenters. The lowest BCUT2D eigenvalue weighted by molar-refractivity contribution is -0.139. The third-order valence-electron chi connectivity index (χ3n) is 3.60. The van der Waals surface area contributed by atoms with Gasteiger partial charge in [-0.15, -0.1) is 0 Å². The molecule has 0 radical (unpaired) electrons. The zero-order chi connectivity index (χ0) is 13.8. The number of aromatic amines is 1. The summed E-state index contributed by atoms with van der Waals surface area (Å²) in [4.78, 5) is 28.7. The highest BCUT2D eigenvalue weighted by molar-refractivity contribution is 7.09. The zero-order valence-corrected chi connectivity index (χ0v) is 12.2. The molecule has 0 spiro atoms. The fraction of sp³-hybridized carbons (Fsp3) is 0.692. The maximum atomic E-state index is 11.5. The molecule has 1 aliphatic heterocycles. The van der Waals surface area contributed by atoms with Crippen LogP contribution in [0.4, 0.5) is 0 Å². The number of thiazole rings is 1. The monoisotopic (exact) mass is 284 g/mol. The second-order valence-corrected chi connectivity index (χ2v) is 6.20. The molecule has 6 heteroatoms. The maximum Gasteiger partial charge on any atom is 0.311 e. The van der Waals surface area contributed by atoms with Crippen LogP contribution >= 0.6 is 11.3 Å². The van der Waals surface area contributed by atoms with Crippen LogP contribution in [0.1, 0.15) is 30.3 Å². The predicted molar refractivity (Wildman–Crippen MR) is 74.3 cm³/mol. The summed E-state index contributed by atoms with van der Waals surface area (Å²) in [5.74, 6) is 0.471. The summed E-state index contributed by atoms with van der Waals surface area (Å²) in [5.41, 5.74) is 0.709. The molecule has 19 heavy (non-hydrogen) atoms. The summed E-state index contributed by atoms with van der Waals surface area (Å²) in [6, 6.07) is 0. The number of esters is 1. The van der Waals surface area contributed by atoms with Gasteiger partial charge < -0.3 is 9.72 Å². The molecule has 1 fully saturated rings. The van der Waals surface area contributed by atoms with Gasteiger partial charge in [0.05, 0.1) is 13.5 Å². The van der Waals surface area contributed by atoms with Crippen LogP contribution in [0, 0.1) is 5.92 Å². The number of likely N-dealkylation sites (tertiary alicyclic amines) is 1. The molecule has 1 aromatic heterocycles. The topological polar surface area (TPSA) is 62.4 Å². The van der Waals surface area contributed by atoms with E-state index in [4.69, 9.17) is 0 Å². The van der Waals surface area contributed by atoms with E-state index in [0.717, 1.165) is 30.4 Å². The van der Waals surface area contributed by atoms with Crippen molar-refractivity contribution in [3.05, 3.63) is 20.2 Å². The number of nitrogens with zero attached hydrogens (tertiary/aromatic N) is 1. The van der Waals surface area contributed by atoms with Crippen molar-refractivity contribution in [3.8, 4) is 0 Å². The predicted octanol–water partition coefficient (Wildman–Crippen LogP) is 1.38. The Kier molecular flexibility index (Phi) is 4.76. The normalized spacial score (nSPS) is 17.6. The van der Waals surface area contributed by atoms with Crippen molar-refractivity contribution in [2.75, 3.05) is 20.2 Å². The van der Waals surface area contributed by atoms with Gasteiger partial charge >= 0.3 is 10.8 Å². The lowest BCUT2D eigenvalue weighted by atomic mass is 9.99. The molecule has 1 N–H and O–H groups in total. The third kappa shape index (κ3) is 3.91. The van der Waals surface area contributed by atoms with E-state index in [-0.39, 0.29) is 17.3 Å². The summed E-state index contributed by atoms with van der Waals surface area (Å²) in [7, 11) is 1.36. The third-order valence-corrected chi connectivity index (χ3v) is 4.51. The Morgan fingerprint density at radius 2 is 2.16 bits per heavy atom. The van der Waals surface area contributed by atoms with Gasteiger partial charge in [-0.1, -0.05) is 18.3 Å². The van der Waals surface area contributed by atoms with Crippen molar-refractivity contribution in [2.24, 2.45) is 5.92 Å². The molecule has 0 saturated carbocycles. The number of carbonyl (C=O) groups is 1. The van der Waals surface area contributed by atoms with E-state index in [0.29, 0.717) is 5.69 Å². The maximum absolute atomic E-state index is 11.5. The molecule has 2 rings (SSSR count).